The molecule has 2 heterocycles. The molecule has 6 nitrogen and oxygen atoms in total. The van der Waals surface area contributed by atoms with Crippen LogP contribution < -0.4 is 15.6 Å². The quantitative estimate of drug-likeness (QED) is 0.530. The van der Waals surface area contributed by atoms with Crippen LogP contribution in [0.25, 0.3) is 10.9 Å². The smallest absolute Gasteiger partial charge is 0.260 e. The Morgan fingerprint density at radius 3 is 2.97 bits per heavy atom. The van der Waals surface area contributed by atoms with E-state index in [0.717, 1.165) is 30.2 Å². The van der Waals surface area contributed by atoms with E-state index in [1.54, 1.807) is 42.4 Å². The van der Waals surface area contributed by atoms with Gasteiger partial charge in [-0.3, -0.25) is 20.6 Å². The van der Waals surface area contributed by atoms with Crippen LogP contribution in [0.1, 0.15) is 30.9 Å². The second kappa shape index (κ2) is 10.3. The molecule has 0 spiro atoms. The van der Waals surface area contributed by atoms with Gasteiger partial charge < -0.3 is 9.64 Å². The maximum atomic E-state index is 13.4. The first-order valence-corrected chi connectivity index (χ1v) is 11.1. The normalized spacial score (nSPS) is 18.1. The molecule has 1 aliphatic rings. The van der Waals surface area contributed by atoms with E-state index in [2.05, 4.69) is 15.8 Å². The summed E-state index contributed by atoms with van der Waals surface area (Å²) in [6, 6.07) is 14.2. The molecule has 0 saturated carbocycles. The summed E-state index contributed by atoms with van der Waals surface area (Å²) >= 11 is 6.21. The number of fused-ring (bicyclic) bond motifs is 1. The average Bonchev–Trinajstić information content (AvgIpc) is 3.27. The molecule has 1 amide bonds. The molecule has 3 aromatic rings. The lowest BCUT2D eigenvalue weighted by Gasteiger charge is -2.19. The Bertz CT molecular complexity index is 1100. The number of rotatable bonds is 8. The van der Waals surface area contributed by atoms with Crippen molar-refractivity contribution in [1.82, 2.24) is 20.7 Å². The van der Waals surface area contributed by atoms with Gasteiger partial charge in [-0.15, -0.1) is 0 Å². The number of hydrogen-bond acceptors (Lipinski definition) is 5. The van der Waals surface area contributed by atoms with E-state index in [9.17, 15) is 9.18 Å². The maximum Gasteiger partial charge on any atom is 0.260 e. The molecule has 2 aromatic carbocycles. The van der Waals surface area contributed by atoms with E-state index < -0.39 is 0 Å². The van der Waals surface area contributed by atoms with Crippen molar-refractivity contribution in [2.24, 2.45) is 0 Å². The van der Waals surface area contributed by atoms with Crippen LogP contribution in [0.2, 0.25) is 5.02 Å². The summed E-state index contributed by atoms with van der Waals surface area (Å²) in [4.78, 5) is 18.5. The van der Waals surface area contributed by atoms with Crippen LogP contribution >= 0.6 is 11.6 Å². The summed E-state index contributed by atoms with van der Waals surface area (Å²) < 4.78 is 19.2. The number of halogens is 2. The van der Waals surface area contributed by atoms with Crippen molar-refractivity contribution >= 4 is 28.4 Å². The molecule has 2 atom stereocenters. The standard InChI is InChI=1S/C24H26ClFN4O2/c1-30(12-4-7-18-14-21(29-28-18)16-5-2-6-17(26)13-16)23(31)15-32-22-10-9-20(25)19-8-3-11-27-24(19)22/h2-3,5-6,8-11,13,18,21,28-29H,4,7,12,14-15H2,1H3. The number of carbonyl (C=O) groups excluding carboxylic acids is 1. The monoisotopic (exact) mass is 456 g/mol. The first-order valence-electron chi connectivity index (χ1n) is 10.7. The fourth-order valence-electron chi connectivity index (χ4n) is 3.93. The highest BCUT2D eigenvalue weighted by Crippen LogP contribution is 2.29. The molecule has 1 fully saturated rings. The van der Waals surface area contributed by atoms with Gasteiger partial charge in [-0.2, -0.15) is 0 Å². The van der Waals surface area contributed by atoms with E-state index in [0.29, 0.717) is 22.8 Å². The van der Waals surface area contributed by atoms with Crippen LogP contribution in [-0.4, -0.2) is 42.0 Å². The lowest BCUT2D eigenvalue weighted by atomic mass is 9.99. The second-order valence-electron chi connectivity index (χ2n) is 8.02. The molecule has 8 heteroatoms. The number of amides is 1. The first-order chi connectivity index (χ1) is 15.5. The van der Waals surface area contributed by atoms with Gasteiger partial charge in [0.1, 0.15) is 17.1 Å². The number of nitrogens with one attached hydrogen (secondary N) is 2. The minimum atomic E-state index is -0.225. The predicted octanol–water partition coefficient (Wildman–Crippen LogP) is 4.25. The van der Waals surface area contributed by atoms with Crippen LogP contribution in [0.3, 0.4) is 0 Å². The highest BCUT2D eigenvalue weighted by molar-refractivity contribution is 6.35. The van der Waals surface area contributed by atoms with E-state index in [1.165, 1.54) is 6.07 Å². The van der Waals surface area contributed by atoms with Crippen molar-refractivity contribution < 1.29 is 13.9 Å². The largest absolute Gasteiger partial charge is 0.481 e. The Morgan fingerprint density at radius 1 is 1.25 bits per heavy atom. The molecule has 0 bridgehead atoms. The average molecular weight is 457 g/mol. The Labute approximate surface area is 191 Å². The van der Waals surface area contributed by atoms with Gasteiger partial charge in [-0.1, -0.05) is 23.7 Å². The molecule has 2 N–H and O–H groups in total. The van der Waals surface area contributed by atoms with Crippen LogP contribution in [0, 0.1) is 5.82 Å². The van der Waals surface area contributed by atoms with Crippen molar-refractivity contribution in [2.75, 3.05) is 20.2 Å². The van der Waals surface area contributed by atoms with Crippen LogP contribution in [0.5, 0.6) is 5.75 Å². The van der Waals surface area contributed by atoms with Gasteiger partial charge in [0.2, 0.25) is 0 Å². The van der Waals surface area contributed by atoms with Gasteiger partial charge >= 0.3 is 0 Å². The minimum Gasteiger partial charge on any atom is -0.481 e. The summed E-state index contributed by atoms with van der Waals surface area (Å²) in [6.07, 6.45) is 4.30. The molecule has 4 rings (SSSR count). The van der Waals surface area contributed by atoms with Crippen LogP contribution in [0.4, 0.5) is 4.39 Å². The Hall–Kier alpha value is -2.74. The van der Waals surface area contributed by atoms with Crippen molar-refractivity contribution in [3.8, 4) is 5.75 Å². The fraction of sp³-hybridized carbons (Fsp3) is 0.333. The number of benzene rings is 2. The fourth-order valence-corrected chi connectivity index (χ4v) is 4.15. The number of hydrogen-bond donors (Lipinski definition) is 2. The van der Waals surface area contributed by atoms with E-state index >= 15 is 0 Å². The molecule has 1 aliphatic heterocycles. The Morgan fingerprint density at radius 2 is 2.12 bits per heavy atom. The van der Waals surface area contributed by atoms with Gasteiger partial charge in [0, 0.05) is 37.3 Å². The molecule has 2 unspecified atom stereocenters. The SMILES string of the molecule is CN(CCCC1CC(c2cccc(F)c2)NN1)C(=O)COc1ccc(Cl)c2cccnc12. The number of pyridine rings is 1. The van der Waals surface area contributed by atoms with Crippen molar-refractivity contribution in [3.05, 3.63) is 71.1 Å². The van der Waals surface area contributed by atoms with Crippen LogP contribution in [-0.2, 0) is 4.79 Å². The zero-order chi connectivity index (χ0) is 22.5. The minimum absolute atomic E-state index is 0.0608. The summed E-state index contributed by atoms with van der Waals surface area (Å²) in [5, 5.41) is 1.39. The number of likely N-dealkylation sites (N-methyl/N-ethyl adjacent to an activating group) is 1. The molecule has 1 saturated heterocycles. The summed E-state index contributed by atoms with van der Waals surface area (Å²) in [6.45, 7) is 0.569. The zero-order valence-electron chi connectivity index (χ0n) is 17.9. The van der Waals surface area contributed by atoms with Crippen molar-refractivity contribution in [1.29, 1.82) is 0 Å². The van der Waals surface area contributed by atoms with Crippen molar-refractivity contribution in [2.45, 2.75) is 31.3 Å². The van der Waals surface area contributed by atoms with Gasteiger partial charge in [-0.05, 0) is 61.2 Å². The predicted molar refractivity (Wildman–Crippen MR) is 123 cm³/mol. The van der Waals surface area contributed by atoms with E-state index in [1.807, 2.05) is 18.2 Å². The molecule has 1 aromatic heterocycles. The topological polar surface area (TPSA) is 66.5 Å². The molecular formula is C24H26ClFN4O2. The maximum absolute atomic E-state index is 13.4. The lowest BCUT2D eigenvalue weighted by Crippen LogP contribution is -2.34. The van der Waals surface area contributed by atoms with Crippen LogP contribution in [0.15, 0.2) is 54.7 Å². The van der Waals surface area contributed by atoms with E-state index in [4.69, 9.17) is 16.3 Å². The Kier molecular flexibility index (Phi) is 7.19. The summed E-state index contributed by atoms with van der Waals surface area (Å²) in [5.74, 6) is 0.216. The molecule has 0 radical (unpaired) electrons. The lowest BCUT2D eigenvalue weighted by molar-refractivity contribution is -0.132. The second-order valence-corrected chi connectivity index (χ2v) is 8.43. The van der Waals surface area contributed by atoms with Gasteiger partial charge in [0.25, 0.3) is 5.91 Å². The summed E-state index contributed by atoms with van der Waals surface area (Å²) in [5.41, 5.74) is 8.09. The number of ether oxygens (including phenoxy) is 1. The van der Waals surface area contributed by atoms with Gasteiger partial charge in [0.05, 0.1) is 5.02 Å². The number of aromatic nitrogens is 1. The van der Waals surface area contributed by atoms with Crippen molar-refractivity contribution in [3.63, 3.8) is 0 Å². The molecule has 32 heavy (non-hydrogen) atoms. The third-order valence-electron chi connectivity index (χ3n) is 5.74. The Balaban J connectivity index is 1.22. The molecule has 0 aliphatic carbocycles. The number of hydrazine groups is 1. The van der Waals surface area contributed by atoms with Gasteiger partial charge in [-0.25, -0.2) is 4.39 Å². The summed E-state index contributed by atoms with van der Waals surface area (Å²) in [7, 11) is 1.78. The third kappa shape index (κ3) is 5.35. The highest BCUT2D eigenvalue weighted by atomic mass is 35.5. The zero-order valence-corrected chi connectivity index (χ0v) is 18.6. The highest BCUT2D eigenvalue weighted by Gasteiger charge is 2.25. The molecule has 168 valence electrons. The van der Waals surface area contributed by atoms with Gasteiger partial charge in [0.15, 0.2) is 6.61 Å². The number of carbonyl (C=O) groups is 1. The third-order valence-corrected chi connectivity index (χ3v) is 6.06. The van der Waals surface area contributed by atoms with E-state index in [-0.39, 0.29) is 30.4 Å². The molecular weight excluding hydrogens is 431 g/mol. The first kappa shape index (κ1) is 22.5. The number of nitrogens with zero attached hydrogens (tertiary/aromatic N) is 2.